The smallest absolute Gasteiger partial charge is 0.335 e. The minimum Gasteiger partial charge on any atom is -0.335 e. The minimum absolute atomic E-state index is 0.0297. The second kappa shape index (κ2) is 6.64. The van der Waals surface area contributed by atoms with Gasteiger partial charge in [-0.2, -0.15) is 27.7 Å². The summed E-state index contributed by atoms with van der Waals surface area (Å²) in [5, 5.41) is 7.47. The van der Waals surface area contributed by atoms with Crippen molar-refractivity contribution in [3.05, 3.63) is 29.8 Å². The molecule has 1 aliphatic heterocycles. The second-order valence-electron chi connectivity index (χ2n) is 6.08. The molecule has 0 spiro atoms. The zero-order valence-corrected chi connectivity index (χ0v) is 15.3. The van der Waals surface area contributed by atoms with Crippen LogP contribution >= 0.6 is 0 Å². The first-order valence-electron chi connectivity index (χ1n) is 7.89. The van der Waals surface area contributed by atoms with Gasteiger partial charge in [0.15, 0.2) is 5.69 Å². The number of piperazine rings is 1. The quantitative estimate of drug-likeness (QED) is 0.732. The zero-order valence-electron chi connectivity index (χ0n) is 14.5. The Hall–Kier alpha value is -2.41. The van der Waals surface area contributed by atoms with Gasteiger partial charge in [-0.25, -0.2) is 8.42 Å². The summed E-state index contributed by atoms with van der Waals surface area (Å²) >= 11 is 0. The Morgan fingerprint density at radius 2 is 1.78 bits per heavy atom. The van der Waals surface area contributed by atoms with Crippen molar-refractivity contribution < 1.29 is 26.4 Å². The van der Waals surface area contributed by atoms with Crippen LogP contribution in [0.3, 0.4) is 0 Å². The number of aryl methyl sites for hydroxylation is 2. The number of carbonyl (C=O) groups is 1. The lowest BCUT2D eigenvalue weighted by Crippen LogP contribution is -2.50. The van der Waals surface area contributed by atoms with E-state index in [0.29, 0.717) is 10.7 Å². The highest BCUT2D eigenvalue weighted by Gasteiger charge is 2.37. The average molecular weight is 406 g/mol. The Morgan fingerprint density at radius 1 is 1.15 bits per heavy atom. The van der Waals surface area contributed by atoms with Crippen molar-refractivity contribution in [2.24, 2.45) is 14.1 Å². The maximum absolute atomic E-state index is 12.8. The number of rotatable bonds is 3. The molecule has 0 unspecified atom stereocenters. The molecule has 2 aromatic heterocycles. The molecule has 1 saturated heterocycles. The highest BCUT2D eigenvalue weighted by atomic mass is 32.2. The van der Waals surface area contributed by atoms with Crippen molar-refractivity contribution in [1.29, 1.82) is 0 Å². The van der Waals surface area contributed by atoms with Gasteiger partial charge in [-0.05, 0) is 0 Å². The molecule has 13 heteroatoms. The summed E-state index contributed by atoms with van der Waals surface area (Å²) in [6.45, 7) is 0.163. The molecule has 3 heterocycles. The van der Waals surface area contributed by atoms with Gasteiger partial charge in [0.05, 0.1) is 6.20 Å². The Bertz CT molecular complexity index is 957. The summed E-state index contributed by atoms with van der Waals surface area (Å²) < 4.78 is 66.8. The molecule has 148 valence electrons. The van der Waals surface area contributed by atoms with Crippen LogP contribution < -0.4 is 0 Å². The van der Waals surface area contributed by atoms with Crippen LogP contribution in [0.1, 0.15) is 16.2 Å². The van der Waals surface area contributed by atoms with Gasteiger partial charge in [0.2, 0.25) is 10.0 Å². The minimum atomic E-state index is -4.61. The van der Waals surface area contributed by atoms with Crippen molar-refractivity contribution in [2.45, 2.75) is 11.1 Å². The van der Waals surface area contributed by atoms with Gasteiger partial charge in [-0.3, -0.25) is 14.2 Å². The van der Waals surface area contributed by atoms with Gasteiger partial charge in [0.1, 0.15) is 10.6 Å². The van der Waals surface area contributed by atoms with Crippen LogP contribution in [-0.2, 0) is 30.3 Å². The summed E-state index contributed by atoms with van der Waals surface area (Å²) in [5.41, 5.74) is -1.35. The SMILES string of the molecule is Cn1cc(S(=O)(=O)N2CCN(C(=O)c3cc(C(F)(F)F)n(C)n3)CC2)cn1. The third kappa shape index (κ3) is 3.69. The lowest BCUT2D eigenvalue weighted by Gasteiger charge is -2.33. The topological polar surface area (TPSA) is 93.3 Å². The van der Waals surface area contributed by atoms with Crippen LogP contribution in [0.4, 0.5) is 13.2 Å². The maximum Gasteiger partial charge on any atom is 0.433 e. The van der Waals surface area contributed by atoms with Crippen LogP contribution in [0, 0.1) is 0 Å². The number of sulfonamides is 1. The molecule has 0 radical (unpaired) electrons. The number of alkyl halides is 3. The summed E-state index contributed by atoms with van der Waals surface area (Å²) in [6.07, 6.45) is -2.00. The molecule has 0 saturated carbocycles. The largest absolute Gasteiger partial charge is 0.433 e. The van der Waals surface area contributed by atoms with Gasteiger partial charge < -0.3 is 4.90 Å². The molecule has 0 bridgehead atoms. The normalized spacial score (nSPS) is 16.7. The lowest BCUT2D eigenvalue weighted by atomic mass is 10.3. The molecule has 2 aromatic rings. The lowest BCUT2D eigenvalue weighted by molar-refractivity contribution is -0.143. The summed E-state index contributed by atoms with van der Waals surface area (Å²) in [4.78, 5) is 13.8. The van der Waals surface area contributed by atoms with Crippen molar-refractivity contribution in [3.63, 3.8) is 0 Å². The van der Waals surface area contributed by atoms with E-state index in [9.17, 15) is 26.4 Å². The van der Waals surface area contributed by atoms with E-state index in [1.165, 1.54) is 26.3 Å². The first-order chi connectivity index (χ1) is 12.5. The van der Waals surface area contributed by atoms with E-state index in [4.69, 9.17) is 0 Å². The highest BCUT2D eigenvalue weighted by molar-refractivity contribution is 7.89. The fourth-order valence-corrected chi connectivity index (χ4v) is 4.22. The summed E-state index contributed by atoms with van der Waals surface area (Å²) in [6, 6.07) is 0.696. The number of halogens is 3. The number of nitrogens with zero attached hydrogens (tertiary/aromatic N) is 6. The van der Waals surface area contributed by atoms with E-state index in [-0.39, 0.29) is 36.8 Å². The number of aromatic nitrogens is 4. The second-order valence-corrected chi connectivity index (χ2v) is 8.02. The Kier molecular flexibility index (Phi) is 4.76. The first-order valence-corrected chi connectivity index (χ1v) is 9.33. The molecule has 0 N–H and O–H groups in total. The van der Waals surface area contributed by atoms with Crippen LogP contribution in [0.5, 0.6) is 0 Å². The van der Waals surface area contributed by atoms with Crippen molar-refractivity contribution in [3.8, 4) is 0 Å². The molecule has 1 amide bonds. The van der Waals surface area contributed by atoms with Crippen molar-refractivity contribution in [2.75, 3.05) is 26.2 Å². The highest BCUT2D eigenvalue weighted by Crippen LogP contribution is 2.29. The van der Waals surface area contributed by atoms with Gasteiger partial charge in [-0.15, -0.1) is 0 Å². The van der Waals surface area contributed by atoms with E-state index in [1.54, 1.807) is 7.05 Å². The molecule has 9 nitrogen and oxygen atoms in total. The number of amides is 1. The molecule has 27 heavy (non-hydrogen) atoms. The predicted octanol–water partition coefficient (Wildman–Crippen LogP) is 0.319. The van der Waals surface area contributed by atoms with E-state index in [0.717, 1.165) is 7.05 Å². The number of hydrogen-bond donors (Lipinski definition) is 0. The monoisotopic (exact) mass is 406 g/mol. The van der Waals surface area contributed by atoms with Crippen LogP contribution in [0.2, 0.25) is 0 Å². The third-order valence-electron chi connectivity index (χ3n) is 4.23. The Morgan fingerprint density at radius 3 is 2.26 bits per heavy atom. The first kappa shape index (κ1) is 19.4. The van der Waals surface area contributed by atoms with E-state index in [1.807, 2.05) is 0 Å². The number of hydrogen-bond acceptors (Lipinski definition) is 5. The summed E-state index contributed by atoms with van der Waals surface area (Å²) in [7, 11) is -1.03. The van der Waals surface area contributed by atoms with Crippen LogP contribution in [0.25, 0.3) is 0 Å². The molecular formula is C14H17F3N6O3S. The fourth-order valence-electron chi connectivity index (χ4n) is 2.81. The van der Waals surface area contributed by atoms with Gasteiger partial charge in [0, 0.05) is 52.5 Å². The maximum atomic E-state index is 12.8. The van der Waals surface area contributed by atoms with Gasteiger partial charge >= 0.3 is 6.18 Å². The molecule has 0 atom stereocenters. The molecule has 3 rings (SSSR count). The molecule has 0 aromatic carbocycles. The molecule has 1 aliphatic rings. The molecular weight excluding hydrogens is 389 g/mol. The fraction of sp³-hybridized carbons (Fsp3) is 0.500. The van der Waals surface area contributed by atoms with Crippen molar-refractivity contribution >= 4 is 15.9 Å². The Balaban J connectivity index is 1.70. The molecule has 1 fully saturated rings. The van der Waals surface area contributed by atoms with Crippen LogP contribution in [-0.4, -0.2) is 69.3 Å². The third-order valence-corrected chi connectivity index (χ3v) is 6.09. The summed E-state index contributed by atoms with van der Waals surface area (Å²) in [5.74, 6) is -0.667. The predicted molar refractivity (Wildman–Crippen MR) is 86.1 cm³/mol. The van der Waals surface area contributed by atoms with Crippen molar-refractivity contribution in [1.82, 2.24) is 28.8 Å². The van der Waals surface area contributed by atoms with E-state index >= 15 is 0 Å². The zero-order chi connectivity index (χ0) is 20.0. The standard InChI is InChI=1S/C14H17F3N6O3S/c1-20-9-10(8-18-20)27(25,26)23-5-3-22(4-6-23)13(24)11-7-12(14(15,16)17)21(2)19-11/h7-9H,3-6H2,1-2H3. The van der Waals surface area contributed by atoms with Gasteiger partial charge in [0.25, 0.3) is 5.91 Å². The van der Waals surface area contributed by atoms with Crippen LogP contribution in [0.15, 0.2) is 23.4 Å². The van der Waals surface area contributed by atoms with E-state index in [2.05, 4.69) is 10.2 Å². The Labute approximate surface area is 153 Å². The average Bonchev–Trinajstić information content (AvgIpc) is 3.20. The van der Waals surface area contributed by atoms with E-state index < -0.39 is 27.8 Å². The van der Waals surface area contributed by atoms with Gasteiger partial charge in [-0.1, -0.05) is 0 Å². The molecule has 0 aliphatic carbocycles. The number of carbonyl (C=O) groups excluding carboxylic acids is 1.